The summed E-state index contributed by atoms with van der Waals surface area (Å²) in [6.07, 6.45) is 4.19. The van der Waals surface area contributed by atoms with E-state index in [1.54, 1.807) is 11.3 Å². The summed E-state index contributed by atoms with van der Waals surface area (Å²) in [7, 11) is 2.04. The maximum atomic E-state index is 4.49. The minimum atomic E-state index is 0.245. The largest absolute Gasteiger partial charge is 0.364 e. The molecule has 1 aliphatic heterocycles. The zero-order valence-corrected chi connectivity index (χ0v) is 7.90. The lowest BCUT2D eigenvalue weighted by Gasteiger charge is -2.25. The molecule has 0 spiro atoms. The molecular weight excluding hydrogens is 174 g/mol. The highest BCUT2D eigenvalue weighted by Crippen LogP contribution is 2.35. The van der Waals surface area contributed by atoms with Crippen molar-refractivity contribution in [1.82, 2.24) is 4.90 Å². The SMILES string of the molecule is CN1C=Cc2ccsc2C1S. The van der Waals surface area contributed by atoms with Crippen molar-refractivity contribution in [2.45, 2.75) is 5.37 Å². The lowest BCUT2D eigenvalue weighted by atomic mass is 10.2. The van der Waals surface area contributed by atoms with E-state index in [0.29, 0.717) is 0 Å². The molecule has 0 fully saturated rings. The molecule has 0 bridgehead atoms. The van der Waals surface area contributed by atoms with Gasteiger partial charge >= 0.3 is 0 Å². The van der Waals surface area contributed by atoms with Crippen LogP contribution in [-0.2, 0) is 0 Å². The Labute approximate surface area is 75.8 Å². The first-order chi connectivity index (χ1) is 5.29. The molecule has 11 heavy (non-hydrogen) atoms. The third kappa shape index (κ3) is 1.08. The summed E-state index contributed by atoms with van der Waals surface area (Å²) in [6.45, 7) is 0. The Hall–Kier alpha value is -0.410. The highest BCUT2D eigenvalue weighted by molar-refractivity contribution is 7.80. The van der Waals surface area contributed by atoms with Crippen molar-refractivity contribution in [3.63, 3.8) is 0 Å². The molecule has 0 saturated heterocycles. The molecule has 0 aromatic carbocycles. The molecule has 0 amide bonds. The molecule has 0 aliphatic carbocycles. The highest BCUT2D eigenvalue weighted by Gasteiger charge is 2.17. The fraction of sp³-hybridized carbons (Fsp3) is 0.250. The van der Waals surface area contributed by atoms with Gasteiger partial charge in [-0.3, -0.25) is 0 Å². The van der Waals surface area contributed by atoms with Gasteiger partial charge in [0.25, 0.3) is 0 Å². The topological polar surface area (TPSA) is 3.24 Å². The zero-order valence-electron chi connectivity index (χ0n) is 6.19. The molecule has 0 N–H and O–H groups in total. The monoisotopic (exact) mass is 183 g/mol. The molecule has 3 heteroatoms. The van der Waals surface area contributed by atoms with Crippen molar-refractivity contribution in [2.24, 2.45) is 0 Å². The Morgan fingerprint density at radius 1 is 1.64 bits per heavy atom. The first kappa shape index (κ1) is 7.25. The number of fused-ring (bicyclic) bond motifs is 1. The number of thiol groups is 1. The van der Waals surface area contributed by atoms with Gasteiger partial charge < -0.3 is 4.90 Å². The average molecular weight is 183 g/mol. The molecule has 1 aliphatic rings. The summed E-state index contributed by atoms with van der Waals surface area (Å²) < 4.78 is 0. The molecule has 1 nitrogen and oxygen atoms in total. The van der Waals surface area contributed by atoms with Crippen LogP contribution in [0.1, 0.15) is 15.8 Å². The standard InChI is InChI=1S/C8H9NS2/c1-9-4-2-6-3-5-11-7(6)8(9)10/h2-5,8,10H,1H3. The van der Waals surface area contributed by atoms with E-state index in [1.165, 1.54) is 10.4 Å². The van der Waals surface area contributed by atoms with Crippen LogP contribution in [0.25, 0.3) is 6.08 Å². The maximum absolute atomic E-state index is 4.49. The molecular formula is C8H9NS2. The lowest BCUT2D eigenvalue weighted by Crippen LogP contribution is -2.16. The number of nitrogens with zero attached hydrogens (tertiary/aromatic N) is 1. The lowest BCUT2D eigenvalue weighted by molar-refractivity contribution is 0.443. The van der Waals surface area contributed by atoms with Crippen LogP contribution in [0, 0.1) is 0 Å². The first-order valence-corrected chi connectivity index (χ1v) is 4.84. The molecule has 1 atom stereocenters. The molecule has 58 valence electrons. The summed E-state index contributed by atoms with van der Waals surface area (Å²) in [5, 5.41) is 2.35. The van der Waals surface area contributed by atoms with Crippen molar-refractivity contribution in [3.05, 3.63) is 28.1 Å². The van der Waals surface area contributed by atoms with E-state index in [-0.39, 0.29) is 5.37 Å². The molecule has 0 radical (unpaired) electrons. The fourth-order valence-corrected chi connectivity index (χ4v) is 2.47. The van der Waals surface area contributed by atoms with Gasteiger partial charge in [-0.15, -0.1) is 24.0 Å². The van der Waals surface area contributed by atoms with E-state index in [0.717, 1.165) is 0 Å². The van der Waals surface area contributed by atoms with Crippen LogP contribution in [0.15, 0.2) is 17.6 Å². The molecule has 2 rings (SSSR count). The van der Waals surface area contributed by atoms with Gasteiger partial charge in [0.2, 0.25) is 0 Å². The Kier molecular flexibility index (Phi) is 1.69. The predicted molar refractivity (Wildman–Crippen MR) is 52.8 cm³/mol. The third-order valence-corrected chi connectivity index (χ3v) is 3.62. The van der Waals surface area contributed by atoms with Gasteiger partial charge in [-0.25, -0.2) is 0 Å². The summed E-state index contributed by atoms with van der Waals surface area (Å²) in [5.41, 5.74) is 1.31. The number of hydrogen-bond acceptors (Lipinski definition) is 3. The normalized spacial score (nSPS) is 22.0. The Morgan fingerprint density at radius 2 is 2.45 bits per heavy atom. The number of hydrogen-bond donors (Lipinski definition) is 1. The predicted octanol–water partition coefficient (Wildman–Crippen LogP) is 2.59. The second kappa shape index (κ2) is 2.57. The van der Waals surface area contributed by atoms with Crippen LogP contribution in [-0.4, -0.2) is 11.9 Å². The van der Waals surface area contributed by atoms with Crippen molar-refractivity contribution < 1.29 is 0 Å². The van der Waals surface area contributed by atoms with E-state index in [4.69, 9.17) is 0 Å². The summed E-state index contributed by atoms with van der Waals surface area (Å²) in [6, 6.07) is 2.13. The van der Waals surface area contributed by atoms with Crippen LogP contribution in [0.4, 0.5) is 0 Å². The van der Waals surface area contributed by atoms with Crippen molar-refractivity contribution in [1.29, 1.82) is 0 Å². The van der Waals surface area contributed by atoms with Crippen LogP contribution < -0.4 is 0 Å². The minimum absolute atomic E-state index is 0.245. The van der Waals surface area contributed by atoms with Crippen molar-refractivity contribution >= 4 is 30.0 Å². The summed E-state index contributed by atoms with van der Waals surface area (Å²) >= 11 is 6.25. The van der Waals surface area contributed by atoms with E-state index < -0.39 is 0 Å². The quantitative estimate of drug-likeness (QED) is 0.605. The summed E-state index contributed by atoms with van der Waals surface area (Å²) in [5.74, 6) is 0. The molecule has 1 unspecified atom stereocenters. The fourth-order valence-electron chi connectivity index (χ4n) is 1.14. The van der Waals surface area contributed by atoms with Gasteiger partial charge in [0.1, 0.15) is 5.37 Å². The Morgan fingerprint density at radius 3 is 3.27 bits per heavy atom. The smallest absolute Gasteiger partial charge is 0.107 e. The van der Waals surface area contributed by atoms with Crippen molar-refractivity contribution in [2.75, 3.05) is 7.05 Å². The van der Waals surface area contributed by atoms with Crippen LogP contribution in [0.5, 0.6) is 0 Å². The number of thiophene rings is 1. The second-order valence-electron chi connectivity index (χ2n) is 2.60. The Bertz CT molecular complexity index is 290. The first-order valence-electron chi connectivity index (χ1n) is 3.44. The van der Waals surface area contributed by atoms with E-state index in [2.05, 4.69) is 41.3 Å². The van der Waals surface area contributed by atoms with E-state index in [1.807, 2.05) is 7.05 Å². The maximum Gasteiger partial charge on any atom is 0.107 e. The van der Waals surface area contributed by atoms with E-state index >= 15 is 0 Å². The van der Waals surface area contributed by atoms with Gasteiger partial charge in [0.15, 0.2) is 0 Å². The van der Waals surface area contributed by atoms with Crippen LogP contribution in [0.3, 0.4) is 0 Å². The van der Waals surface area contributed by atoms with Crippen LogP contribution in [0.2, 0.25) is 0 Å². The molecule has 0 saturated carbocycles. The molecule has 1 aromatic heterocycles. The van der Waals surface area contributed by atoms with Gasteiger partial charge in [0, 0.05) is 18.1 Å². The van der Waals surface area contributed by atoms with Gasteiger partial charge in [-0.2, -0.15) is 0 Å². The molecule has 1 aromatic rings. The average Bonchev–Trinajstić information content (AvgIpc) is 2.45. The summed E-state index contributed by atoms with van der Waals surface area (Å²) in [4.78, 5) is 3.44. The minimum Gasteiger partial charge on any atom is -0.364 e. The van der Waals surface area contributed by atoms with Gasteiger partial charge in [0.05, 0.1) is 0 Å². The van der Waals surface area contributed by atoms with Gasteiger partial charge in [-0.05, 0) is 23.1 Å². The van der Waals surface area contributed by atoms with Crippen LogP contribution >= 0.6 is 24.0 Å². The van der Waals surface area contributed by atoms with Crippen molar-refractivity contribution in [3.8, 4) is 0 Å². The van der Waals surface area contributed by atoms with E-state index in [9.17, 15) is 0 Å². The Balaban J connectivity index is 2.48. The highest BCUT2D eigenvalue weighted by atomic mass is 32.1. The second-order valence-corrected chi connectivity index (χ2v) is 4.03. The molecule has 2 heterocycles. The zero-order chi connectivity index (χ0) is 7.84. The van der Waals surface area contributed by atoms with Gasteiger partial charge in [-0.1, -0.05) is 0 Å². The number of rotatable bonds is 0. The third-order valence-electron chi connectivity index (χ3n) is 1.84.